The van der Waals surface area contributed by atoms with Gasteiger partial charge in [0, 0.05) is 0 Å². The summed E-state index contributed by atoms with van der Waals surface area (Å²) in [4.78, 5) is 36.1. The van der Waals surface area contributed by atoms with Gasteiger partial charge in [0.1, 0.15) is 18.5 Å². The predicted octanol–water partition coefficient (Wildman–Crippen LogP) is 0.101. The van der Waals surface area contributed by atoms with Gasteiger partial charge in [-0.15, -0.1) is 0 Å². The molecule has 0 atom stereocenters. The fourth-order valence-corrected chi connectivity index (χ4v) is 2.39. The zero-order chi connectivity index (χ0) is 15.3. The number of methoxy groups -OCH3 is 2. The van der Waals surface area contributed by atoms with Crippen LogP contribution in [0.2, 0.25) is 0 Å². The zero-order valence-electron chi connectivity index (χ0n) is 11.8. The Morgan fingerprint density at radius 2 is 1.65 bits per heavy atom. The summed E-state index contributed by atoms with van der Waals surface area (Å²) >= 11 is 0. The summed E-state index contributed by atoms with van der Waals surface area (Å²) in [5.74, 6) is -1.55. The van der Waals surface area contributed by atoms with Crippen LogP contribution in [-0.4, -0.2) is 50.1 Å². The molecular formula is C13H18N2O5. The van der Waals surface area contributed by atoms with Crippen molar-refractivity contribution in [2.24, 2.45) is 11.3 Å². The topological polar surface area (TPSA) is 96.7 Å². The Kier molecular flexibility index (Phi) is 5.08. The lowest BCUT2D eigenvalue weighted by molar-refractivity contribution is -0.158. The van der Waals surface area contributed by atoms with Crippen molar-refractivity contribution in [2.45, 2.75) is 19.8 Å². The predicted molar refractivity (Wildman–Crippen MR) is 67.1 cm³/mol. The van der Waals surface area contributed by atoms with Crippen LogP contribution < -0.4 is 0 Å². The van der Waals surface area contributed by atoms with Crippen molar-refractivity contribution >= 4 is 17.8 Å². The van der Waals surface area contributed by atoms with Crippen molar-refractivity contribution in [3.05, 3.63) is 0 Å². The van der Waals surface area contributed by atoms with Crippen molar-refractivity contribution in [3.8, 4) is 6.07 Å². The molecule has 1 aliphatic carbocycles. The van der Waals surface area contributed by atoms with Gasteiger partial charge in [-0.3, -0.25) is 14.4 Å². The van der Waals surface area contributed by atoms with Crippen molar-refractivity contribution in [1.82, 2.24) is 4.90 Å². The number of rotatable bonds is 5. The molecule has 0 aliphatic heterocycles. The highest BCUT2D eigenvalue weighted by Gasteiger charge is 2.51. The lowest BCUT2D eigenvalue weighted by atomic mass is 9.62. The van der Waals surface area contributed by atoms with Crippen LogP contribution in [0, 0.1) is 22.7 Å². The van der Waals surface area contributed by atoms with Crippen LogP contribution in [0.4, 0.5) is 0 Å². The summed E-state index contributed by atoms with van der Waals surface area (Å²) in [7, 11) is 2.38. The maximum absolute atomic E-state index is 12.4. The first-order chi connectivity index (χ1) is 9.38. The van der Waals surface area contributed by atoms with Crippen LogP contribution in [0.1, 0.15) is 19.8 Å². The van der Waals surface area contributed by atoms with Gasteiger partial charge >= 0.3 is 11.9 Å². The molecule has 0 heterocycles. The van der Waals surface area contributed by atoms with Crippen LogP contribution in [0.5, 0.6) is 0 Å². The second-order valence-electron chi connectivity index (χ2n) is 5.02. The molecule has 0 aromatic carbocycles. The van der Waals surface area contributed by atoms with Gasteiger partial charge in [0.2, 0.25) is 5.91 Å². The van der Waals surface area contributed by atoms with Gasteiger partial charge in [-0.05, 0) is 18.8 Å². The molecule has 0 saturated heterocycles. The van der Waals surface area contributed by atoms with E-state index in [4.69, 9.17) is 0 Å². The van der Waals surface area contributed by atoms with E-state index in [9.17, 15) is 19.6 Å². The van der Waals surface area contributed by atoms with E-state index >= 15 is 0 Å². The molecule has 1 rings (SSSR count). The molecule has 0 N–H and O–H groups in total. The lowest BCUT2D eigenvalue weighted by Crippen LogP contribution is -2.52. The first-order valence-electron chi connectivity index (χ1n) is 6.22. The van der Waals surface area contributed by atoms with Gasteiger partial charge in [0.05, 0.1) is 20.3 Å². The molecule has 110 valence electrons. The first kappa shape index (κ1) is 16.0. The molecule has 1 aliphatic rings. The summed E-state index contributed by atoms with van der Waals surface area (Å²) in [6.45, 7) is 1.19. The minimum absolute atomic E-state index is 0.275. The fraction of sp³-hybridized carbons (Fsp3) is 0.692. The van der Waals surface area contributed by atoms with Crippen molar-refractivity contribution in [3.63, 3.8) is 0 Å². The lowest BCUT2D eigenvalue weighted by Gasteiger charge is -2.41. The van der Waals surface area contributed by atoms with E-state index in [1.807, 2.05) is 13.0 Å². The molecule has 0 spiro atoms. The Hall–Kier alpha value is -2.10. The van der Waals surface area contributed by atoms with E-state index in [-0.39, 0.29) is 19.0 Å². The number of esters is 2. The maximum atomic E-state index is 12.4. The fourth-order valence-electron chi connectivity index (χ4n) is 2.39. The largest absolute Gasteiger partial charge is 0.468 e. The van der Waals surface area contributed by atoms with E-state index in [1.165, 1.54) is 14.2 Å². The Bertz CT molecular complexity index is 430. The van der Waals surface area contributed by atoms with Crippen LogP contribution in [0.3, 0.4) is 0 Å². The second-order valence-corrected chi connectivity index (χ2v) is 5.02. The van der Waals surface area contributed by atoms with Gasteiger partial charge < -0.3 is 14.4 Å². The third-order valence-corrected chi connectivity index (χ3v) is 3.40. The minimum Gasteiger partial charge on any atom is -0.468 e. The number of hydrogen-bond donors (Lipinski definition) is 0. The normalized spacial score (nSPS) is 24.0. The van der Waals surface area contributed by atoms with Gasteiger partial charge in [-0.1, -0.05) is 6.92 Å². The molecular weight excluding hydrogens is 264 g/mol. The summed E-state index contributed by atoms with van der Waals surface area (Å²) in [5.41, 5.74) is -1.14. The molecule has 0 aromatic rings. The molecule has 1 saturated carbocycles. The Balaban J connectivity index is 2.86. The standard InChI is InChI=1S/C13H18N2O5/c1-9-4-13(5-9,8-14)12(18)15(6-10(16)19-2)7-11(17)20-3/h9H,4-7H2,1-3H3. The molecule has 1 fully saturated rings. The van der Waals surface area contributed by atoms with Crippen LogP contribution in [0.15, 0.2) is 0 Å². The van der Waals surface area contributed by atoms with E-state index < -0.39 is 23.3 Å². The van der Waals surface area contributed by atoms with E-state index in [2.05, 4.69) is 9.47 Å². The first-order valence-corrected chi connectivity index (χ1v) is 6.22. The number of carbonyl (C=O) groups excluding carboxylic acids is 3. The van der Waals surface area contributed by atoms with Gasteiger partial charge in [-0.2, -0.15) is 5.26 Å². The van der Waals surface area contributed by atoms with Crippen LogP contribution >= 0.6 is 0 Å². The van der Waals surface area contributed by atoms with Crippen molar-refractivity contribution in [1.29, 1.82) is 5.26 Å². The molecule has 0 radical (unpaired) electrons. The Labute approximate surface area is 117 Å². The van der Waals surface area contributed by atoms with Crippen molar-refractivity contribution in [2.75, 3.05) is 27.3 Å². The van der Waals surface area contributed by atoms with Gasteiger partial charge in [-0.25, -0.2) is 0 Å². The van der Waals surface area contributed by atoms with E-state index in [0.717, 1.165) is 4.90 Å². The van der Waals surface area contributed by atoms with E-state index in [0.29, 0.717) is 12.8 Å². The highest BCUT2D eigenvalue weighted by molar-refractivity contribution is 5.91. The summed E-state index contributed by atoms with van der Waals surface area (Å²) < 4.78 is 8.99. The number of ether oxygens (including phenoxy) is 2. The third-order valence-electron chi connectivity index (χ3n) is 3.40. The Morgan fingerprint density at radius 3 is 1.95 bits per heavy atom. The smallest absolute Gasteiger partial charge is 0.325 e. The molecule has 0 aromatic heterocycles. The molecule has 1 amide bonds. The average molecular weight is 282 g/mol. The number of carbonyl (C=O) groups is 3. The zero-order valence-corrected chi connectivity index (χ0v) is 11.8. The summed E-state index contributed by atoms with van der Waals surface area (Å²) in [6.07, 6.45) is 0.863. The number of amides is 1. The molecule has 7 nitrogen and oxygen atoms in total. The highest BCUT2D eigenvalue weighted by Crippen LogP contribution is 2.46. The highest BCUT2D eigenvalue weighted by atomic mass is 16.5. The summed E-state index contributed by atoms with van der Waals surface area (Å²) in [5, 5.41) is 9.23. The maximum Gasteiger partial charge on any atom is 0.325 e. The quantitative estimate of drug-likeness (QED) is 0.663. The number of nitriles is 1. The molecule has 20 heavy (non-hydrogen) atoms. The third kappa shape index (κ3) is 3.26. The SMILES string of the molecule is COC(=O)CN(CC(=O)OC)C(=O)C1(C#N)CC(C)C1. The monoisotopic (exact) mass is 282 g/mol. The molecule has 7 heteroatoms. The number of hydrogen-bond acceptors (Lipinski definition) is 6. The van der Waals surface area contributed by atoms with Gasteiger partial charge in [0.25, 0.3) is 0 Å². The molecule has 0 unspecified atom stereocenters. The van der Waals surface area contributed by atoms with Crippen LogP contribution in [0.25, 0.3) is 0 Å². The number of nitrogens with zero attached hydrogens (tertiary/aromatic N) is 2. The Morgan fingerprint density at radius 1 is 1.20 bits per heavy atom. The molecule has 0 bridgehead atoms. The average Bonchev–Trinajstić information content (AvgIpc) is 2.41. The summed E-state index contributed by atoms with van der Waals surface area (Å²) in [6, 6.07) is 2.01. The van der Waals surface area contributed by atoms with E-state index in [1.54, 1.807) is 0 Å². The van der Waals surface area contributed by atoms with Crippen molar-refractivity contribution < 1.29 is 23.9 Å². The minimum atomic E-state index is -1.14. The van der Waals surface area contributed by atoms with Gasteiger partial charge in [0.15, 0.2) is 0 Å². The second kappa shape index (κ2) is 6.37. The van der Waals surface area contributed by atoms with Crippen LogP contribution in [-0.2, 0) is 23.9 Å².